The van der Waals surface area contributed by atoms with E-state index in [1.807, 2.05) is 0 Å². The standard InChI is InChI=1S/C36H72O3/c1-4-7-10-13-16-19-22-25-28-31-34-37-35(32-29-26-23-20-17-14-11-8-5-2)39-36(38-34)33-30-27-24-21-18-15-12-9-6-3/h34-36H,4-33H2,1-3H3. The van der Waals surface area contributed by atoms with E-state index in [9.17, 15) is 0 Å². The average Bonchev–Trinajstić information content (AvgIpc) is 2.94. The maximum atomic E-state index is 6.31. The lowest BCUT2D eigenvalue weighted by atomic mass is 10.1. The van der Waals surface area contributed by atoms with Crippen molar-refractivity contribution in [2.75, 3.05) is 0 Å². The van der Waals surface area contributed by atoms with E-state index in [1.165, 1.54) is 173 Å². The van der Waals surface area contributed by atoms with E-state index in [-0.39, 0.29) is 18.9 Å². The highest BCUT2D eigenvalue weighted by Gasteiger charge is 2.29. The zero-order valence-corrected chi connectivity index (χ0v) is 27.2. The molecule has 0 saturated carbocycles. The average molecular weight is 553 g/mol. The minimum atomic E-state index is -0.0598. The molecule has 1 saturated heterocycles. The minimum absolute atomic E-state index is 0.0598. The lowest BCUT2D eigenvalue weighted by Gasteiger charge is -2.36. The summed E-state index contributed by atoms with van der Waals surface area (Å²) in [6, 6.07) is 0. The topological polar surface area (TPSA) is 27.7 Å². The number of rotatable bonds is 30. The second kappa shape index (κ2) is 29.4. The molecule has 0 unspecified atom stereocenters. The minimum Gasteiger partial charge on any atom is -0.324 e. The molecule has 0 bridgehead atoms. The molecule has 3 heteroatoms. The largest absolute Gasteiger partial charge is 0.324 e. The van der Waals surface area contributed by atoms with Crippen LogP contribution in [0.3, 0.4) is 0 Å². The van der Waals surface area contributed by atoms with Crippen LogP contribution in [-0.4, -0.2) is 18.9 Å². The molecule has 1 rings (SSSR count). The second-order valence-corrected chi connectivity index (χ2v) is 12.5. The third kappa shape index (κ3) is 24.2. The van der Waals surface area contributed by atoms with Crippen LogP contribution in [0.1, 0.15) is 213 Å². The van der Waals surface area contributed by atoms with E-state index in [0.717, 1.165) is 19.3 Å². The Morgan fingerprint density at radius 2 is 0.436 bits per heavy atom. The zero-order chi connectivity index (χ0) is 28.1. The maximum Gasteiger partial charge on any atom is 0.163 e. The predicted molar refractivity (Wildman–Crippen MR) is 170 cm³/mol. The summed E-state index contributed by atoms with van der Waals surface area (Å²) in [7, 11) is 0. The number of ether oxygens (including phenoxy) is 3. The van der Waals surface area contributed by atoms with Gasteiger partial charge >= 0.3 is 0 Å². The highest BCUT2D eigenvalue weighted by molar-refractivity contribution is 4.62. The number of hydrogen-bond acceptors (Lipinski definition) is 3. The van der Waals surface area contributed by atoms with E-state index in [0.29, 0.717) is 0 Å². The summed E-state index contributed by atoms with van der Waals surface area (Å²) < 4.78 is 18.9. The molecule has 1 heterocycles. The molecule has 234 valence electrons. The molecule has 0 aromatic heterocycles. The van der Waals surface area contributed by atoms with Crippen LogP contribution in [0.4, 0.5) is 0 Å². The van der Waals surface area contributed by atoms with Crippen LogP contribution >= 0.6 is 0 Å². The summed E-state index contributed by atoms with van der Waals surface area (Å²) in [5, 5.41) is 0. The SMILES string of the molecule is CCCCCCCCCCCC1OC(CCCCCCCCCCC)OC(CCCCCCCCCCC)O1. The van der Waals surface area contributed by atoms with Crippen molar-refractivity contribution in [3.05, 3.63) is 0 Å². The molecule has 3 nitrogen and oxygen atoms in total. The van der Waals surface area contributed by atoms with E-state index < -0.39 is 0 Å². The molecule has 1 fully saturated rings. The highest BCUT2D eigenvalue weighted by Crippen LogP contribution is 2.27. The first-order chi connectivity index (χ1) is 19.3. The van der Waals surface area contributed by atoms with E-state index in [1.54, 1.807) is 0 Å². The molecule has 1 aliphatic rings. The molecule has 0 aromatic rings. The second-order valence-electron chi connectivity index (χ2n) is 12.5. The van der Waals surface area contributed by atoms with Crippen molar-refractivity contribution in [1.29, 1.82) is 0 Å². The van der Waals surface area contributed by atoms with Crippen molar-refractivity contribution in [2.24, 2.45) is 0 Å². The fourth-order valence-electron chi connectivity index (χ4n) is 5.88. The molecule has 39 heavy (non-hydrogen) atoms. The first-order valence-corrected chi connectivity index (χ1v) is 18.3. The van der Waals surface area contributed by atoms with Crippen molar-refractivity contribution < 1.29 is 14.2 Å². The molecule has 0 amide bonds. The summed E-state index contributed by atoms with van der Waals surface area (Å²) in [6.45, 7) is 6.88. The van der Waals surface area contributed by atoms with Crippen LogP contribution in [0.15, 0.2) is 0 Å². The van der Waals surface area contributed by atoms with Crippen LogP contribution in [0.2, 0.25) is 0 Å². The van der Waals surface area contributed by atoms with Crippen LogP contribution in [0.5, 0.6) is 0 Å². The lowest BCUT2D eigenvalue weighted by Crippen LogP contribution is -2.40. The molecular formula is C36H72O3. The van der Waals surface area contributed by atoms with Gasteiger partial charge in [-0.3, -0.25) is 0 Å². The van der Waals surface area contributed by atoms with Gasteiger partial charge in [-0.1, -0.05) is 175 Å². The monoisotopic (exact) mass is 553 g/mol. The van der Waals surface area contributed by atoms with Crippen molar-refractivity contribution in [3.8, 4) is 0 Å². The normalized spacial score (nSPS) is 19.6. The third-order valence-electron chi connectivity index (χ3n) is 8.54. The Morgan fingerprint density at radius 3 is 0.641 bits per heavy atom. The van der Waals surface area contributed by atoms with Crippen molar-refractivity contribution in [1.82, 2.24) is 0 Å². The smallest absolute Gasteiger partial charge is 0.163 e. The first-order valence-electron chi connectivity index (χ1n) is 18.3. The first kappa shape index (κ1) is 36.9. The fraction of sp³-hybridized carbons (Fsp3) is 1.00. The number of hydrogen-bond donors (Lipinski definition) is 0. The Bertz CT molecular complexity index is 396. The van der Waals surface area contributed by atoms with Gasteiger partial charge in [0.1, 0.15) is 0 Å². The Morgan fingerprint density at radius 1 is 0.256 bits per heavy atom. The Kier molecular flexibility index (Phi) is 27.8. The number of unbranched alkanes of at least 4 members (excludes halogenated alkanes) is 24. The highest BCUT2D eigenvalue weighted by atomic mass is 16.9. The van der Waals surface area contributed by atoms with Crippen LogP contribution in [0, 0.1) is 0 Å². The molecule has 0 radical (unpaired) electrons. The van der Waals surface area contributed by atoms with E-state index in [2.05, 4.69) is 20.8 Å². The van der Waals surface area contributed by atoms with E-state index in [4.69, 9.17) is 14.2 Å². The maximum absolute atomic E-state index is 6.31. The van der Waals surface area contributed by atoms with Crippen molar-refractivity contribution >= 4 is 0 Å². The van der Waals surface area contributed by atoms with Gasteiger partial charge in [-0.2, -0.15) is 0 Å². The van der Waals surface area contributed by atoms with Crippen LogP contribution in [-0.2, 0) is 14.2 Å². The summed E-state index contributed by atoms with van der Waals surface area (Å²) in [4.78, 5) is 0. The van der Waals surface area contributed by atoms with Gasteiger partial charge in [-0.25, -0.2) is 0 Å². The fourth-order valence-corrected chi connectivity index (χ4v) is 5.88. The van der Waals surface area contributed by atoms with Crippen molar-refractivity contribution in [2.45, 2.75) is 232 Å². The van der Waals surface area contributed by atoms with E-state index >= 15 is 0 Å². The molecule has 0 spiro atoms. The molecule has 0 aromatic carbocycles. The Balaban J connectivity index is 2.24. The van der Waals surface area contributed by atoms with Gasteiger partial charge in [-0.15, -0.1) is 0 Å². The molecule has 0 atom stereocenters. The molecule has 1 aliphatic heterocycles. The van der Waals surface area contributed by atoms with Crippen LogP contribution < -0.4 is 0 Å². The Hall–Kier alpha value is -0.120. The van der Waals surface area contributed by atoms with Crippen molar-refractivity contribution in [3.63, 3.8) is 0 Å². The van der Waals surface area contributed by atoms with Gasteiger partial charge in [0.05, 0.1) is 0 Å². The van der Waals surface area contributed by atoms with Gasteiger partial charge in [0.25, 0.3) is 0 Å². The molecule has 0 aliphatic carbocycles. The Labute approximate surface area is 246 Å². The lowest BCUT2D eigenvalue weighted by molar-refractivity contribution is -0.386. The van der Waals surface area contributed by atoms with Gasteiger partial charge in [0.15, 0.2) is 18.9 Å². The van der Waals surface area contributed by atoms with Gasteiger partial charge in [0, 0.05) is 0 Å². The van der Waals surface area contributed by atoms with Gasteiger partial charge < -0.3 is 14.2 Å². The summed E-state index contributed by atoms with van der Waals surface area (Å²) in [5.74, 6) is 0. The predicted octanol–water partition coefficient (Wildman–Crippen LogP) is 12.8. The van der Waals surface area contributed by atoms with Crippen LogP contribution in [0.25, 0.3) is 0 Å². The summed E-state index contributed by atoms with van der Waals surface area (Å²) in [6.07, 6.45) is 39.7. The quantitative estimate of drug-likeness (QED) is 0.0829. The van der Waals surface area contributed by atoms with Gasteiger partial charge in [0.2, 0.25) is 0 Å². The molecular weight excluding hydrogens is 480 g/mol. The summed E-state index contributed by atoms with van der Waals surface area (Å²) >= 11 is 0. The summed E-state index contributed by atoms with van der Waals surface area (Å²) in [5.41, 5.74) is 0. The third-order valence-corrected chi connectivity index (χ3v) is 8.54. The zero-order valence-electron chi connectivity index (χ0n) is 27.2. The molecule has 0 N–H and O–H groups in total. The van der Waals surface area contributed by atoms with Gasteiger partial charge in [-0.05, 0) is 38.5 Å².